The first-order chi connectivity index (χ1) is 10.8. The molecule has 23 heavy (non-hydrogen) atoms. The third-order valence-electron chi connectivity index (χ3n) is 2.80. The maximum absolute atomic E-state index is 13.3. The molecule has 0 bridgehead atoms. The molecule has 8 heteroatoms. The van der Waals surface area contributed by atoms with Gasteiger partial charge in [-0.3, -0.25) is 0 Å². The van der Waals surface area contributed by atoms with Crippen LogP contribution in [0.3, 0.4) is 0 Å². The maximum atomic E-state index is 13.3. The molecule has 0 fully saturated rings. The minimum absolute atomic E-state index is 0.0323. The van der Waals surface area contributed by atoms with Gasteiger partial charge in [0.05, 0.1) is 0 Å². The summed E-state index contributed by atoms with van der Waals surface area (Å²) in [4.78, 5) is 0. The van der Waals surface area contributed by atoms with Crippen LogP contribution in [0.4, 0.5) is 22.0 Å². The average Bonchev–Trinajstić information content (AvgIpc) is 2.47. The fourth-order valence-corrected chi connectivity index (χ4v) is 1.85. The summed E-state index contributed by atoms with van der Waals surface area (Å²) < 4.78 is 72.3. The molecule has 0 atom stereocenters. The highest BCUT2D eigenvalue weighted by atomic mass is 19.4. The van der Waals surface area contributed by atoms with Crippen molar-refractivity contribution in [2.75, 3.05) is 13.2 Å². The van der Waals surface area contributed by atoms with Crippen LogP contribution in [0.2, 0.25) is 0 Å². The van der Waals surface area contributed by atoms with Crippen molar-refractivity contribution in [1.82, 2.24) is 0 Å². The third-order valence-corrected chi connectivity index (χ3v) is 2.80. The second kappa shape index (κ2) is 6.82. The zero-order valence-electron chi connectivity index (χ0n) is 11.7. The Labute approximate surface area is 128 Å². The van der Waals surface area contributed by atoms with E-state index < -0.39 is 23.7 Å². The molecule has 0 saturated carbocycles. The lowest BCUT2D eigenvalue weighted by atomic mass is 10.0. The van der Waals surface area contributed by atoms with Crippen molar-refractivity contribution in [3.63, 3.8) is 0 Å². The number of ether oxygens (including phenoxy) is 2. The number of hydrogen-bond acceptors (Lipinski definition) is 3. The van der Waals surface area contributed by atoms with E-state index in [0.717, 1.165) is 18.2 Å². The van der Waals surface area contributed by atoms with Crippen molar-refractivity contribution in [2.45, 2.75) is 6.36 Å². The fourth-order valence-electron chi connectivity index (χ4n) is 1.85. The number of alkyl halides is 3. The van der Waals surface area contributed by atoms with Gasteiger partial charge >= 0.3 is 6.36 Å². The van der Waals surface area contributed by atoms with E-state index in [2.05, 4.69) is 4.74 Å². The van der Waals surface area contributed by atoms with Crippen molar-refractivity contribution < 1.29 is 31.4 Å². The summed E-state index contributed by atoms with van der Waals surface area (Å²) in [7, 11) is 0. The Bertz CT molecular complexity index is 688. The van der Waals surface area contributed by atoms with Gasteiger partial charge in [0.1, 0.15) is 6.61 Å². The predicted octanol–water partition coefficient (Wildman–Crippen LogP) is 3.87. The van der Waals surface area contributed by atoms with E-state index in [0.29, 0.717) is 5.56 Å². The van der Waals surface area contributed by atoms with Gasteiger partial charge in [-0.05, 0) is 35.4 Å². The molecule has 0 amide bonds. The van der Waals surface area contributed by atoms with Gasteiger partial charge in [-0.1, -0.05) is 12.1 Å². The van der Waals surface area contributed by atoms with Gasteiger partial charge in [-0.15, -0.1) is 13.2 Å². The summed E-state index contributed by atoms with van der Waals surface area (Å²) in [5.74, 6) is -2.83. The Kier molecular flexibility index (Phi) is 5.05. The fraction of sp³-hybridized carbons (Fsp3) is 0.200. The van der Waals surface area contributed by atoms with Gasteiger partial charge in [0.2, 0.25) is 0 Å². The van der Waals surface area contributed by atoms with Gasteiger partial charge in [0.25, 0.3) is 0 Å². The molecule has 3 nitrogen and oxygen atoms in total. The molecule has 0 heterocycles. The van der Waals surface area contributed by atoms with Crippen LogP contribution in [0.1, 0.15) is 0 Å². The minimum Gasteiger partial charge on any atom is -0.488 e. The maximum Gasteiger partial charge on any atom is 0.573 e. The Hall–Kier alpha value is -2.35. The quantitative estimate of drug-likeness (QED) is 0.845. The van der Waals surface area contributed by atoms with Gasteiger partial charge in [-0.25, -0.2) is 8.78 Å². The van der Waals surface area contributed by atoms with E-state index in [1.165, 1.54) is 18.2 Å². The first kappa shape index (κ1) is 17.0. The monoisotopic (exact) mass is 333 g/mol. The van der Waals surface area contributed by atoms with E-state index in [-0.39, 0.29) is 24.5 Å². The second-order valence-corrected chi connectivity index (χ2v) is 4.48. The Balaban J connectivity index is 2.40. The highest BCUT2D eigenvalue weighted by Gasteiger charge is 2.32. The summed E-state index contributed by atoms with van der Waals surface area (Å²) in [5.41, 5.74) is 5.88. The zero-order chi connectivity index (χ0) is 17.0. The lowest BCUT2D eigenvalue weighted by Gasteiger charge is -2.15. The summed E-state index contributed by atoms with van der Waals surface area (Å²) >= 11 is 0. The van der Waals surface area contributed by atoms with Crippen LogP contribution >= 0.6 is 0 Å². The molecule has 0 radical (unpaired) electrons. The van der Waals surface area contributed by atoms with E-state index in [1.807, 2.05) is 0 Å². The normalized spacial score (nSPS) is 11.4. The predicted molar refractivity (Wildman–Crippen MR) is 73.0 cm³/mol. The molecule has 2 rings (SSSR count). The van der Waals surface area contributed by atoms with Crippen LogP contribution in [-0.2, 0) is 0 Å². The number of nitrogens with two attached hydrogens (primary N) is 1. The topological polar surface area (TPSA) is 44.5 Å². The van der Waals surface area contributed by atoms with Gasteiger partial charge in [0, 0.05) is 6.54 Å². The molecule has 0 saturated heterocycles. The molecule has 0 aromatic heterocycles. The van der Waals surface area contributed by atoms with Crippen LogP contribution in [-0.4, -0.2) is 19.5 Å². The van der Waals surface area contributed by atoms with E-state index in [9.17, 15) is 22.0 Å². The van der Waals surface area contributed by atoms with Crippen molar-refractivity contribution in [1.29, 1.82) is 0 Å². The number of benzene rings is 2. The van der Waals surface area contributed by atoms with Crippen molar-refractivity contribution in [3.05, 3.63) is 48.0 Å². The average molecular weight is 333 g/mol. The van der Waals surface area contributed by atoms with Gasteiger partial charge in [0.15, 0.2) is 23.1 Å². The molecule has 0 spiro atoms. The Morgan fingerprint density at radius 3 is 2.13 bits per heavy atom. The first-order valence-electron chi connectivity index (χ1n) is 6.48. The molecule has 0 aliphatic heterocycles. The van der Waals surface area contributed by atoms with Crippen LogP contribution in [0.5, 0.6) is 11.5 Å². The molecule has 0 aliphatic rings. The molecular weight excluding hydrogens is 321 g/mol. The highest BCUT2D eigenvalue weighted by molar-refractivity contribution is 5.67. The lowest BCUT2D eigenvalue weighted by molar-refractivity contribution is -0.275. The lowest BCUT2D eigenvalue weighted by Crippen LogP contribution is -2.18. The summed E-state index contributed by atoms with van der Waals surface area (Å²) in [5, 5.41) is 0. The summed E-state index contributed by atoms with van der Waals surface area (Å²) in [6.45, 7) is 0.0519. The number of rotatable bonds is 5. The van der Waals surface area contributed by atoms with Crippen molar-refractivity contribution in [2.24, 2.45) is 5.73 Å². The van der Waals surface area contributed by atoms with Crippen LogP contribution in [0.25, 0.3) is 11.1 Å². The zero-order valence-corrected chi connectivity index (χ0v) is 11.7. The smallest absolute Gasteiger partial charge is 0.488 e. The standard InChI is InChI=1S/C15H12F5NO2/c16-11-3-1-9(7-12(11)17)10-2-4-13(23-15(18,19)20)14(8-10)22-6-5-21/h1-4,7-8H,5-6,21H2. The second-order valence-electron chi connectivity index (χ2n) is 4.48. The number of hydrogen-bond donors (Lipinski definition) is 1. The molecular formula is C15H12F5NO2. The first-order valence-corrected chi connectivity index (χ1v) is 6.48. The number of halogens is 5. The van der Waals surface area contributed by atoms with Crippen LogP contribution in [0, 0.1) is 11.6 Å². The summed E-state index contributed by atoms with van der Waals surface area (Å²) in [6, 6.07) is 6.71. The van der Waals surface area contributed by atoms with E-state index >= 15 is 0 Å². The van der Waals surface area contributed by atoms with Crippen LogP contribution in [0.15, 0.2) is 36.4 Å². The molecule has 0 aliphatic carbocycles. The highest BCUT2D eigenvalue weighted by Crippen LogP contribution is 2.36. The van der Waals surface area contributed by atoms with Gasteiger partial charge in [-0.2, -0.15) is 0 Å². The van der Waals surface area contributed by atoms with E-state index in [4.69, 9.17) is 10.5 Å². The van der Waals surface area contributed by atoms with E-state index in [1.54, 1.807) is 0 Å². The van der Waals surface area contributed by atoms with Crippen molar-refractivity contribution in [3.8, 4) is 22.6 Å². The Morgan fingerprint density at radius 2 is 1.52 bits per heavy atom. The third kappa shape index (κ3) is 4.56. The van der Waals surface area contributed by atoms with Gasteiger partial charge < -0.3 is 15.2 Å². The summed E-state index contributed by atoms with van der Waals surface area (Å²) in [6.07, 6.45) is -4.88. The van der Waals surface area contributed by atoms with Crippen LogP contribution < -0.4 is 15.2 Å². The molecule has 124 valence electrons. The molecule has 2 aromatic carbocycles. The molecule has 0 unspecified atom stereocenters. The SMILES string of the molecule is NCCOc1cc(-c2ccc(F)c(F)c2)ccc1OC(F)(F)F. The minimum atomic E-state index is -4.88. The largest absolute Gasteiger partial charge is 0.573 e. The Morgan fingerprint density at radius 1 is 0.870 bits per heavy atom. The van der Waals surface area contributed by atoms with Crippen molar-refractivity contribution >= 4 is 0 Å². The molecule has 2 aromatic rings. The molecule has 2 N–H and O–H groups in total.